The van der Waals surface area contributed by atoms with Crippen molar-refractivity contribution in [3.8, 4) is 5.75 Å². The first-order valence-electron chi connectivity index (χ1n) is 10.7. The van der Waals surface area contributed by atoms with Crippen LogP contribution in [0.4, 0.5) is 21.9 Å². The Morgan fingerprint density at radius 1 is 1.03 bits per heavy atom. The van der Waals surface area contributed by atoms with Crippen molar-refractivity contribution in [3.05, 3.63) is 99.1 Å². The van der Waals surface area contributed by atoms with Crippen molar-refractivity contribution in [1.29, 1.82) is 0 Å². The molecule has 37 heavy (non-hydrogen) atoms. The van der Waals surface area contributed by atoms with Gasteiger partial charge in [0.1, 0.15) is 11.3 Å². The molecule has 11 nitrogen and oxygen atoms in total. The molecular weight excluding hydrogens is 504 g/mol. The summed E-state index contributed by atoms with van der Waals surface area (Å²) in [7, 11) is 0. The second kappa shape index (κ2) is 10.7. The second-order valence-corrected chi connectivity index (χ2v) is 8.05. The number of hydrogen-bond donors (Lipinski definition) is 2. The highest BCUT2D eigenvalue weighted by Crippen LogP contribution is 2.26. The van der Waals surface area contributed by atoms with Gasteiger partial charge in [0.25, 0.3) is 23.4 Å². The number of nitrogens with one attached hydrogen (secondary N) is 2. The van der Waals surface area contributed by atoms with Crippen molar-refractivity contribution in [1.82, 2.24) is 5.32 Å². The molecule has 1 fully saturated rings. The van der Waals surface area contributed by atoms with E-state index in [0.717, 1.165) is 12.1 Å². The summed E-state index contributed by atoms with van der Waals surface area (Å²) in [6.45, 7) is -0.365. The highest BCUT2D eigenvalue weighted by molar-refractivity contribution is 6.39. The van der Waals surface area contributed by atoms with Crippen LogP contribution in [0.1, 0.15) is 5.56 Å². The standard InChI is InChI=1S/C25H17ClN4O7/c26-16-5-7-17(8-6-16)27-22(31)14-37-21-4-2-1-3-15(21)13-20-23(32)28-25(34)29(24(20)33)18-9-11-19(12-10-18)30(35)36/h1-13H,14H2,(H,27,31)(H,28,32,34)/b20-13+. The Hall–Kier alpha value is -5.03. The number of rotatable bonds is 7. The van der Waals surface area contributed by atoms with Crippen molar-refractivity contribution in [2.24, 2.45) is 0 Å². The normalized spacial score (nSPS) is 14.4. The van der Waals surface area contributed by atoms with Crippen LogP contribution in [0.2, 0.25) is 5.02 Å². The molecule has 186 valence electrons. The number of barbiturate groups is 1. The molecule has 0 saturated carbocycles. The Morgan fingerprint density at radius 2 is 1.70 bits per heavy atom. The molecule has 0 unspecified atom stereocenters. The fourth-order valence-corrected chi connectivity index (χ4v) is 3.50. The van der Waals surface area contributed by atoms with Crippen LogP contribution in [0, 0.1) is 10.1 Å². The number of nitro groups is 1. The third kappa shape index (κ3) is 5.80. The Kier molecular flexibility index (Phi) is 7.26. The molecular formula is C25H17ClN4O7. The number of halogens is 1. The van der Waals surface area contributed by atoms with E-state index in [1.807, 2.05) is 0 Å². The third-order valence-corrected chi connectivity index (χ3v) is 5.38. The number of urea groups is 1. The molecule has 2 N–H and O–H groups in total. The van der Waals surface area contributed by atoms with Gasteiger partial charge in [-0.1, -0.05) is 29.8 Å². The molecule has 0 aliphatic carbocycles. The van der Waals surface area contributed by atoms with Crippen LogP contribution in [-0.2, 0) is 14.4 Å². The van der Waals surface area contributed by atoms with E-state index in [1.54, 1.807) is 48.5 Å². The van der Waals surface area contributed by atoms with E-state index in [2.05, 4.69) is 10.6 Å². The number of amides is 5. The summed E-state index contributed by atoms with van der Waals surface area (Å²) in [5.74, 6) is -2.10. The van der Waals surface area contributed by atoms with Gasteiger partial charge in [0.2, 0.25) is 0 Å². The van der Waals surface area contributed by atoms with Gasteiger partial charge in [-0.25, -0.2) is 9.69 Å². The first-order valence-corrected chi connectivity index (χ1v) is 11.0. The van der Waals surface area contributed by atoms with Gasteiger partial charge in [0.15, 0.2) is 6.61 Å². The summed E-state index contributed by atoms with van der Waals surface area (Å²) in [5.41, 5.74) is 0.258. The lowest BCUT2D eigenvalue weighted by atomic mass is 10.1. The fourth-order valence-electron chi connectivity index (χ4n) is 3.38. The average molecular weight is 521 g/mol. The molecule has 0 atom stereocenters. The molecule has 1 aliphatic rings. The molecule has 3 aromatic carbocycles. The van der Waals surface area contributed by atoms with Crippen molar-refractivity contribution >= 4 is 58.5 Å². The van der Waals surface area contributed by atoms with Gasteiger partial charge in [-0.3, -0.25) is 29.8 Å². The molecule has 1 saturated heterocycles. The summed E-state index contributed by atoms with van der Waals surface area (Å²) in [6, 6.07) is 16.6. The molecule has 1 aliphatic heterocycles. The molecule has 4 rings (SSSR count). The fraction of sp³-hybridized carbons (Fsp3) is 0.0400. The molecule has 1 heterocycles. The molecule has 3 aromatic rings. The summed E-state index contributed by atoms with van der Waals surface area (Å²) < 4.78 is 5.61. The monoisotopic (exact) mass is 520 g/mol. The maximum absolute atomic E-state index is 13.1. The number of benzene rings is 3. The van der Waals surface area contributed by atoms with Gasteiger partial charge in [0, 0.05) is 28.4 Å². The van der Waals surface area contributed by atoms with Gasteiger partial charge in [-0.05, 0) is 48.5 Å². The highest BCUT2D eigenvalue weighted by atomic mass is 35.5. The highest BCUT2D eigenvalue weighted by Gasteiger charge is 2.37. The molecule has 0 spiro atoms. The van der Waals surface area contributed by atoms with E-state index in [1.165, 1.54) is 18.2 Å². The van der Waals surface area contributed by atoms with Crippen LogP contribution in [-0.4, -0.2) is 35.3 Å². The number of carbonyl (C=O) groups is 4. The molecule has 12 heteroatoms. The quantitative estimate of drug-likeness (QED) is 0.207. The Morgan fingerprint density at radius 3 is 2.38 bits per heavy atom. The third-order valence-electron chi connectivity index (χ3n) is 5.13. The van der Waals surface area contributed by atoms with E-state index >= 15 is 0 Å². The van der Waals surface area contributed by atoms with Gasteiger partial charge >= 0.3 is 6.03 Å². The van der Waals surface area contributed by atoms with Gasteiger partial charge in [-0.15, -0.1) is 0 Å². The first kappa shape index (κ1) is 25.1. The van der Waals surface area contributed by atoms with Crippen LogP contribution in [0.15, 0.2) is 78.4 Å². The number of para-hydroxylation sites is 1. The Labute approximate surface area is 214 Å². The minimum absolute atomic E-state index is 0.0369. The number of nitro benzene ring substituents is 1. The van der Waals surface area contributed by atoms with E-state index < -0.39 is 28.7 Å². The number of anilines is 2. The van der Waals surface area contributed by atoms with E-state index in [4.69, 9.17) is 16.3 Å². The predicted octanol–water partition coefficient (Wildman–Crippen LogP) is 3.93. The van der Waals surface area contributed by atoms with Gasteiger partial charge < -0.3 is 10.1 Å². The maximum Gasteiger partial charge on any atom is 0.335 e. The topological polar surface area (TPSA) is 148 Å². The largest absolute Gasteiger partial charge is 0.483 e. The summed E-state index contributed by atoms with van der Waals surface area (Å²) >= 11 is 5.84. The smallest absolute Gasteiger partial charge is 0.335 e. The first-order chi connectivity index (χ1) is 17.7. The molecule has 0 bridgehead atoms. The van der Waals surface area contributed by atoms with Crippen molar-refractivity contribution in [3.63, 3.8) is 0 Å². The van der Waals surface area contributed by atoms with Crippen LogP contribution in [0.3, 0.4) is 0 Å². The van der Waals surface area contributed by atoms with Crippen LogP contribution >= 0.6 is 11.6 Å². The zero-order valence-corrected chi connectivity index (χ0v) is 19.6. The van der Waals surface area contributed by atoms with Crippen LogP contribution < -0.4 is 20.3 Å². The minimum Gasteiger partial charge on any atom is -0.483 e. The molecule has 0 radical (unpaired) electrons. The summed E-state index contributed by atoms with van der Waals surface area (Å²) in [6.07, 6.45) is 1.23. The zero-order valence-electron chi connectivity index (χ0n) is 18.8. The number of hydrogen-bond acceptors (Lipinski definition) is 7. The number of imide groups is 2. The molecule has 5 amide bonds. The van der Waals surface area contributed by atoms with Crippen molar-refractivity contribution < 1.29 is 28.8 Å². The predicted molar refractivity (Wildman–Crippen MR) is 134 cm³/mol. The number of non-ortho nitro benzene ring substituents is 1. The van der Waals surface area contributed by atoms with Crippen LogP contribution in [0.25, 0.3) is 6.08 Å². The lowest BCUT2D eigenvalue weighted by molar-refractivity contribution is -0.384. The summed E-state index contributed by atoms with van der Waals surface area (Å²) in [4.78, 5) is 61.2. The number of nitrogens with zero attached hydrogens (tertiary/aromatic N) is 2. The van der Waals surface area contributed by atoms with Crippen molar-refractivity contribution in [2.75, 3.05) is 16.8 Å². The van der Waals surface area contributed by atoms with Crippen LogP contribution in [0.5, 0.6) is 5.75 Å². The minimum atomic E-state index is -0.996. The zero-order chi connectivity index (χ0) is 26.5. The Bertz CT molecular complexity index is 1440. The lowest BCUT2D eigenvalue weighted by Crippen LogP contribution is -2.54. The lowest BCUT2D eigenvalue weighted by Gasteiger charge is -2.26. The second-order valence-electron chi connectivity index (χ2n) is 7.61. The summed E-state index contributed by atoms with van der Waals surface area (Å²) in [5, 5.41) is 16.1. The molecule has 0 aromatic heterocycles. The van der Waals surface area contributed by atoms with E-state index in [0.29, 0.717) is 21.2 Å². The average Bonchev–Trinajstić information content (AvgIpc) is 2.87. The van der Waals surface area contributed by atoms with Crippen molar-refractivity contribution in [2.45, 2.75) is 0 Å². The SMILES string of the molecule is O=C(COc1ccccc1/C=C1\C(=O)NC(=O)N(c2ccc([N+](=O)[O-])cc2)C1=O)Nc1ccc(Cl)cc1. The number of ether oxygens (including phenoxy) is 1. The number of carbonyl (C=O) groups excluding carboxylic acids is 4. The van der Waals surface area contributed by atoms with E-state index in [-0.39, 0.29) is 29.3 Å². The maximum atomic E-state index is 13.1. The van der Waals surface area contributed by atoms with E-state index in [9.17, 15) is 29.3 Å². The van der Waals surface area contributed by atoms with Gasteiger partial charge in [0.05, 0.1) is 10.6 Å². The van der Waals surface area contributed by atoms with Gasteiger partial charge in [-0.2, -0.15) is 0 Å². The Balaban J connectivity index is 1.54.